The van der Waals surface area contributed by atoms with Gasteiger partial charge in [0.05, 0.1) is 6.54 Å². The average molecular weight is 379 g/mol. The fourth-order valence-corrected chi connectivity index (χ4v) is 4.11. The van der Waals surface area contributed by atoms with Crippen LogP contribution < -0.4 is 11.1 Å². The maximum Gasteiger partial charge on any atom is 0.411 e. The summed E-state index contributed by atoms with van der Waals surface area (Å²) in [6.07, 6.45) is 1.11. The van der Waals surface area contributed by atoms with Crippen molar-refractivity contribution in [2.75, 3.05) is 0 Å². The summed E-state index contributed by atoms with van der Waals surface area (Å²) in [5, 5.41) is 12.6. The molecule has 26 heavy (non-hydrogen) atoms. The number of ether oxygens (including phenoxy) is 1. The van der Waals surface area contributed by atoms with E-state index in [1.165, 1.54) is 11.3 Å². The fourth-order valence-electron chi connectivity index (χ4n) is 3.38. The van der Waals surface area contributed by atoms with Crippen LogP contribution >= 0.6 is 11.3 Å². The summed E-state index contributed by atoms with van der Waals surface area (Å²) in [7, 11) is 0. The van der Waals surface area contributed by atoms with E-state index in [4.69, 9.17) is 15.9 Å². The number of amidine groups is 1. The predicted octanol–water partition coefficient (Wildman–Crippen LogP) is 1.83. The van der Waals surface area contributed by atoms with Crippen LogP contribution in [0, 0.1) is 10.8 Å². The second-order valence-electron chi connectivity index (χ2n) is 8.24. The van der Waals surface area contributed by atoms with Gasteiger partial charge in [0.15, 0.2) is 0 Å². The van der Waals surface area contributed by atoms with Crippen molar-refractivity contribution in [3.8, 4) is 0 Å². The van der Waals surface area contributed by atoms with Gasteiger partial charge in [-0.3, -0.25) is 15.1 Å². The van der Waals surface area contributed by atoms with E-state index in [2.05, 4.69) is 17.2 Å². The van der Waals surface area contributed by atoms with Crippen LogP contribution in [0.2, 0.25) is 0 Å². The van der Waals surface area contributed by atoms with E-state index < -0.39 is 17.7 Å². The van der Waals surface area contributed by atoms with Gasteiger partial charge in [-0.25, -0.2) is 9.78 Å². The second-order valence-corrected chi connectivity index (χ2v) is 9.18. The number of nitrogen functional groups attached to an aromatic ring is 1. The minimum absolute atomic E-state index is 0.00188. The lowest BCUT2D eigenvalue weighted by Gasteiger charge is -2.29. The van der Waals surface area contributed by atoms with Crippen molar-refractivity contribution in [1.29, 1.82) is 5.41 Å². The first kappa shape index (κ1) is 18.6. The van der Waals surface area contributed by atoms with E-state index in [9.17, 15) is 9.59 Å². The molecule has 142 valence electrons. The van der Waals surface area contributed by atoms with Crippen molar-refractivity contribution < 1.29 is 14.3 Å². The number of likely N-dealkylation sites (tertiary alicyclic amines) is 1. The van der Waals surface area contributed by atoms with Crippen molar-refractivity contribution in [2.24, 2.45) is 11.1 Å². The minimum Gasteiger partial charge on any atom is -0.444 e. The highest BCUT2D eigenvalue weighted by molar-refractivity contribution is 7.09. The van der Waals surface area contributed by atoms with Crippen LogP contribution in [-0.2, 0) is 16.1 Å². The molecule has 0 radical (unpaired) electrons. The molecule has 2 aliphatic rings. The quantitative estimate of drug-likeness (QED) is 0.544. The number of carbonyl (C=O) groups excluding carboxylic acids is 2. The maximum absolute atomic E-state index is 12.7. The number of nitrogens with zero attached hydrogens (tertiary/aromatic N) is 2. The Bertz CT molecular complexity index is 756. The Morgan fingerprint density at radius 2 is 2.19 bits per heavy atom. The Kier molecular flexibility index (Phi) is 4.46. The molecular weight excluding hydrogens is 354 g/mol. The van der Waals surface area contributed by atoms with Gasteiger partial charge in [0.25, 0.3) is 0 Å². The lowest BCUT2D eigenvalue weighted by Crippen LogP contribution is -2.49. The van der Waals surface area contributed by atoms with Crippen molar-refractivity contribution in [3.05, 3.63) is 16.1 Å². The first-order valence-corrected chi connectivity index (χ1v) is 9.46. The summed E-state index contributed by atoms with van der Waals surface area (Å²) in [5.74, 6) is -0.303. The summed E-state index contributed by atoms with van der Waals surface area (Å²) in [4.78, 5) is 31.1. The Hall–Kier alpha value is -2.16. The third-order valence-electron chi connectivity index (χ3n) is 4.78. The molecule has 2 fully saturated rings. The molecule has 1 saturated heterocycles. The molecular formula is C17H25N5O3S. The molecule has 1 saturated carbocycles. The second kappa shape index (κ2) is 6.22. The molecule has 1 aromatic heterocycles. The summed E-state index contributed by atoms with van der Waals surface area (Å²) >= 11 is 1.33. The van der Waals surface area contributed by atoms with Crippen molar-refractivity contribution in [2.45, 2.75) is 64.8 Å². The Morgan fingerprint density at radius 1 is 1.50 bits per heavy atom. The van der Waals surface area contributed by atoms with Crippen LogP contribution in [0.4, 0.5) is 4.79 Å². The number of rotatable bonds is 4. The van der Waals surface area contributed by atoms with Crippen LogP contribution in [0.1, 0.15) is 51.2 Å². The van der Waals surface area contributed by atoms with Crippen molar-refractivity contribution >= 4 is 29.2 Å². The van der Waals surface area contributed by atoms with E-state index in [-0.39, 0.29) is 29.7 Å². The fraction of sp³-hybridized carbons (Fsp3) is 0.647. The van der Waals surface area contributed by atoms with Gasteiger partial charge in [-0.15, -0.1) is 11.3 Å². The molecule has 1 aliphatic carbocycles. The molecule has 1 aliphatic heterocycles. The Balaban J connectivity index is 1.65. The molecule has 0 unspecified atom stereocenters. The summed E-state index contributed by atoms with van der Waals surface area (Å²) in [6, 6.07) is -0.460. The molecule has 2 heterocycles. The summed E-state index contributed by atoms with van der Waals surface area (Å²) < 4.78 is 5.50. The van der Waals surface area contributed by atoms with Crippen LogP contribution in [0.25, 0.3) is 0 Å². The van der Waals surface area contributed by atoms with Gasteiger partial charge in [-0.05, 0) is 39.0 Å². The number of thiazole rings is 1. The molecule has 0 bridgehead atoms. The molecule has 8 nitrogen and oxygen atoms in total. The molecule has 4 N–H and O–H groups in total. The van der Waals surface area contributed by atoms with Gasteiger partial charge in [-0.2, -0.15) is 0 Å². The van der Waals surface area contributed by atoms with Gasteiger partial charge < -0.3 is 15.8 Å². The number of piperidine rings is 1. The van der Waals surface area contributed by atoms with Gasteiger partial charge in [0.1, 0.15) is 28.2 Å². The lowest BCUT2D eigenvalue weighted by molar-refractivity contribution is -0.126. The third kappa shape index (κ3) is 3.67. The predicted molar refractivity (Wildman–Crippen MR) is 98.0 cm³/mol. The zero-order chi connectivity index (χ0) is 19.3. The highest BCUT2D eigenvalue weighted by Crippen LogP contribution is 2.59. The van der Waals surface area contributed by atoms with Crippen LogP contribution in [0.15, 0.2) is 5.38 Å². The zero-order valence-corrected chi connectivity index (χ0v) is 16.3. The molecule has 9 heteroatoms. The highest BCUT2D eigenvalue weighted by Gasteiger charge is 2.65. The molecule has 2 amide bonds. The highest BCUT2D eigenvalue weighted by atomic mass is 32.1. The Labute approximate surface area is 156 Å². The number of nitrogens with one attached hydrogen (secondary N) is 2. The van der Waals surface area contributed by atoms with Crippen LogP contribution in [0.5, 0.6) is 0 Å². The SMILES string of the molecule is CC(C)(C)OC(=O)N1[C@H]2C[C@@]2(C)C[C@H]1C(=O)NCc1nc(C(=N)N)cs1. The van der Waals surface area contributed by atoms with Gasteiger partial charge in [0, 0.05) is 11.4 Å². The minimum atomic E-state index is -0.601. The van der Waals surface area contributed by atoms with Gasteiger partial charge in [-0.1, -0.05) is 6.92 Å². The van der Waals surface area contributed by atoms with Crippen molar-refractivity contribution in [1.82, 2.24) is 15.2 Å². The molecule has 3 atom stereocenters. The number of carbonyl (C=O) groups is 2. The number of hydrogen-bond donors (Lipinski definition) is 3. The van der Waals surface area contributed by atoms with Crippen LogP contribution in [-0.4, -0.2) is 45.4 Å². The van der Waals surface area contributed by atoms with Gasteiger partial charge >= 0.3 is 6.09 Å². The van der Waals surface area contributed by atoms with Crippen LogP contribution in [0.3, 0.4) is 0 Å². The number of hydrogen-bond acceptors (Lipinski definition) is 6. The summed E-state index contributed by atoms with van der Waals surface area (Å²) in [6.45, 7) is 7.80. The Morgan fingerprint density at radius 3 is 2.77 bits per heavy atom. The molecule has 0 aromatic carbocycles. The number of nitrogens with two attached hydrogens (primary N) is 1. The number of amides is 2. The van der Waals surface area contributed by atoms with E-state index in [0.29, 0.717) is 17.1 Å². The van der Waals surface area contributed by atoms with Crippen molar-refractivity contribution in [3.63, 3.8) is 0 Å². The first-order valence-electron chi connectivity index (χ1n) is 8.58. The molecule has 3 rings (SSSR count). The smallest absolute Gasteiger partial charge is 0.411 e. The third-order valence-corrected chi connectivity index (χ3v) is 5.63. The molecule has 1 aromatic rings. The topological polar surface area (TPSA) is 121 Å². The lowest BCUT2D eigenvalue weighted by atomic mass is 10.0. The van der Waals surface area contributed by atoms with Gasteiger partial charge in [0.2, 0.25) is 5.91 Å². The normalized spacial score (nSPS) is 27.0. The number of fused-ring (bicyclic) bond motifs is 1. The molecule has 0 spiro atoms. The standard InChI is InChI=1S/C17H25N5O3S/c1-16(2,3)25-15(24)22-10(5-17(4)6-11(17)22)14(23)20-7-12-21-9(8-26-12)13(18)19/h8,10-11H,5-7H2,1-4H3,(H3,18,19)(H,20,23)/t10-,11-,17+/m0/s1. The zero-order valence-electron chi connectivity index (χ0n) is 15.5. The average Bonchev–Trinajstić information content (AvgIpc) is 2.88. The monoisotopic (exact) mass is 379 g/mol. The number of aromatic nitrogens is 1. The summed E-state index contributed by atoms with van der Waals surface area (Å²) in [5.41, 5.74) is 5.21. The van der Waals surface area contributed by atoms with E-state index in [1.807, 2.05) is 20.8 Å². The largest absolute Gasteiger partial charge is 0.444 e. The first-order chi connectivity index (χ1) is 12.0. The van der Waals surface area contributed by atoms with E-state index in [1.54, 1.807) is 10.3 Å². The van der Waals surface area contributed by atoms with E-state index in [0.717, 1.165) is 6.42 Å². The maximum atomic E-state index is 12.7. The van der Waals surface area contributed by atoms with E-state index >= 15 is 0 Å².